The van der Waals surface area contributed by atoms with Gasteiger partial charge in [0.1, 0.15) is 6.54 Å². The van der Waals surface area contributed by atoms with Gasteiger partial charge in [-0.25, -0.2) is 9.59 Å². The van der Waals surface area contributed by atoms with Crippen LogP contribution in [0.2, 0.25) is 5.02 Å². The second-order valence-electron chi connectivity index (χ2n) is 8.49. The summed E-state index contributed by atoms with van der Waals surface area (Å²) in [4.78, 5) is 36.8. The Morgan fingerprint density at radius 3 is 2.20 bits per heavy atom. The average Bonchev–Trinajstić information content (AvgIpc) is 3.15. The molecular weight excluding hydrogens is 574 g/mol. The summed E-state index contributed by atoms with van der Waals surface area (Å²) < 4.78 is 81.1. The Kier molecular flexibility index (Phi) is 9.20. The first-order valence-corrected chi connectivity index (χ1v) is 11.7. The molecule has 3 rings (SSSR count). The minimum Gasteiger partial charge on any atom is -0.465 e. The molecular formula is C24H21ClF6N4O5. The van der Waals surface area contributed by atoms with Gasteiger partial charge >= 0.3 is 24.1 Å². The number of carbonyl (C=O) groups is 2. The van der Waals surface area contributed by atoms with Gasteiger partial charge in [0.15, 0.2) is 6.10 Å². The maximum atomic E-state index is 13.6. The number of aliphatic hydroxyl groups is 1. The number of aliphatic hydroxyl groups excluding tert-OH is 1. The number of hydrogen-bond donors (Lipinski definition) is 4. The van der Waals surface area contributed by atoms with Crippen molar-refractivity contribution in [2.24, 2.45) is 0 Å². The first-order chi connectivity index (χ1) is 18.6. The molecule has 2 aromatic carbocycles. The SMILES string of the molecule is O=C(O)NCC(NC(=O)Cn1cc(-c2ccc(Cl)cc2)n(CC(O)C(F)(F)F)c1=O)c1ccccc1C(F)(F)F. The molecule has 0 saturated heterocycles. The van der Waals surface area contributed by atoms with E-state index in [9.17, 15) is 45.8 Å². The molecule has 3 aromatic rings. The second-order valence-corrected chi connectivity index (χ2v) is 8.93. The predicted molar refractivity (Wildman–Crippen MR) is 130 cm³/mol. The molecule has 4 N–H and O–H groups in total. The molecule has 1 heterocycles. The molecule has 0 bridgehead atoms. The summed E-state index contributed by atoms with van der Waals surface area (Å²) in [6.45, 7) is -2.73. The van der Waals surface area contributed by atoms with Crippen LogP contribution >= 0.6 is 11.6 Å². The highest BCUT2D eigenvalue weighted by molar-refractivity contribution is 6.30. The van der Waals surface area contributed by atoms with Crippen LogP contribution in [0.15, 0.2) is 59.5 Å². The number of rotatable bonds is 9. The van der Waals surface area contributed by atoms with E-state index in [-0.39, 0.29) is 16.3 Å². The van der Waals surface area contributed by atoms with E-state index < -0.39 is 72.9 Å². The van der Waals surface area contributed by atoms with Crippen molar-refractivity contribution in [2.45, 2.75) is 37.6 Å². The van der Waals surface area contributed by atoms with Gasteiger partial charge in [-0.05, 0) is 29.3 Å². The van der Waals surface area contributed by atoms with Gasteiger partial charge in [0, 0.05) is 17.8 Å². The largest absolute Gasteiger partial charge is 0.465 e. The molecule has 0 fully saturated rings. The zero-order valence-corrected chi connectivity index (χ0v) is 20.9. The number of alkyl halides is 6. The molecule has 2 atom stereocenters. The minimum absolute atomic E-state index is 0.107. The van der Waals surface area contributed by atoms with E-state index in [2.05, 4.69) is 5.32 Å². The Labute approximate surface area is 226 Å². The normalized spacial score (nSPS) is 13.5. The van der Waals surface area contributed by atoms with E-state index in [4.69, 9.17) is 16.7 Å². The Bertz CT molecular complexity index is 1420. The molecule has 0 radical (unpaired) electrons. The van der Waals surface area contributed by atoms with Gasteiger partial charge in [-0.2, -0.15) is 26.3 Å². The van der Waals surface area contributed by atoms with Gasteiger partial charge < -0.3 is 20.8 Å². The monoisotopic (exact) mass is 594 g/mol. The highest BCUT2D eigenvalue weighted by atomic mass is 35.5. The van der Waals surface area contributed by atoms with Crippen molar-refractivity contribution in [3.63, 3.8) is 0 Å². The fourth-order valence-electron chi connectivity index (χ4n) is 3.83. The van der Waals surface area contributed by atoms with Crippen LogP contribution < -0.4 is 16.3 Å². The van der Waals surface area contributed by atoms with Crippen LogP contribution in [0.4, 0.5) is 31.1 Å². The third-order valence-corrected chi connectivity index (χ3v) is 5.92. The van der Waals surface area contributed by atoms with Crippen LogP contribution in [-0.4, -0.2) is 50.2 Å². The van der Waals surface area contributed by atoms with E-state index in [0.29, 0.717) is 9.13 Å². The summed E-state index contributed by atoms with van der Waals surface area (Å²) in [6, 6.07) is 8.18. The van der Waals surface area contributed by atoms with Crippen LogP contribution in [0.1, 0.15) is 17.2 Å². The van der Waals surface area contributed by atoms with Crippen molar-refractivity contribution < 1.29 is 46.1 Å². The lowest BCUT2D eigenvalue weighted by Gasteiger charge is -2.23. The molecule has 0 saturated carbocycles. The number of nitrogens with zero attached hydrogens (tertiary/aromatic N) is 2. The lowest BCUT2D eigenvalue weighted by atomic mass is 9.99. The number of imidazole rings is 1. The smallest absolute Gasteiger partial charge is 0.416 e. The standard InChI is InChI=1S/C24H21ClF6N4O5/c25-14-7-5-13(6-8-14)18-10-34(22(40)35(18)11-19(36)24(29,30)31)12-20(37)33-17(9-32-21(38)39)15-3-1-2-4-16(15)23(26,27)28/h1-8,10,17,19,32,36H,9,11-12H2,(H,33,37)(H,38,39). The second kappa shape index (κ2) is 12.0. The van der Waals surface area contributed by atoms with Gasteiger partial charge in [0.2, 0.25) is 5.91 Å². The molecule has 16 heteroatoms. The Morgan fingerprint density at radius 1 is 1.00 bits per heavy atom. The minimum atomic E-state index is -5.06. The molecule has 1 aromatic heterocycles. The zero-order valence-electron chi connectivity index (χ0n) is 20.1. The van der Waals surface area contributed by atoms with Crippen LogP contribution in [0.5, 0.6) is 0 Å². The summed E-state index contributed by atoms with van der Waals surface area (Å²) in [7, 11) is 0. The highest BCUT2D eigenvalue weighted by Gasteiger charge is 2.39. The van der Waals surface area contributed by atoms with Crippen LogP contribution in [0, 0.1) is 0 Å². The predicted octanol–water partition coefficient (Wildman–Crippen LogP) is 4.04. The van der Waals surface area contributed by atoms with Gasteiger partial charge in [-0.1, -0.05) is 41.9 Å². The molecule has 0 aliphatic heterocycles. The first-order valence-electron chi connectivity index (χ1n) is 11.3. The Hall–Kier alpha value is -3.98. The highest BCUT2D eigenvalue weighted by Crippen LogP contribution is 2.34. The first kappa shape index (κ1) is 30.6. The van der Waals surface area contributed by atoms with Crippen LogP contribution in [0.25, 0.3) is 11.3 Å². The number of aromatic nitrogens is 2. The van der Waals surface area contributed by atoms with Crippen molar-refractivity contribution >= 4 is 23.6 Å². The fraction of sp³-hybridized carbons (Fsp3) is 0.292. The number of nitrogens with one attached hydrogen (secondary N) is 2. The number of amides is 2. The van der Waals surface area contributed by atoms with Gasteiger partial charge in [-0.3, -0.25) is 13.9 Å². The van der Waals surface area contributed by atoms with Gasteiger partial charge in [0.25, 0.3) is 0 Å². The number of carboxylic acid groups (broad SMARTS) is 1. The van der Waals surface area contributed by atoms with Crippen LogP contribution in [-0.2, 0) is 24.1 Å². The summed E-state index contributed by atoms with van der Waals surface area (Å²) in [5.74, 6) is -1.05. The van der Waals surface area contributed by atoms with Crippen molar-refractivity contribution in [3.05, 3.63) is 81.4 Å². The third-order valence-electron chi connectivity index (χ3n) is 5.67. The summed E-state index contributed by atoms with van der Waals surface area (Å²) in [6.07, 6.45) is -13.4. The zero-order chi connectivity index (χ0) is 29.8. The quantitative estimate of drug-likeness (QED) is 0.278. The Morgan fingerprint density at radius 2 is 1.62 bits per heavy atom. The number of hydrogen-bond acceptors (Lipinski definition) is 4. The fourth-order valence-corrected chi connectivity index (χ4v) is 3.96. The van der Waals surface area contributed by atoms with E-state index in [1.807, 2.05) is 5.32 Å². The Balaban J connectivity index is 1.96. The summed E-state index contributed by atoms with van der Waals surface area (Å²) >= 11 is 5.84. The molecule has 2 unspecified atom stereocenters. The molecule has 0 aliphatic carbocycles. The van der Waals surface area contributed by atoms with Crippen LogP contribution in [0.3, 0.4) is 0 Å². The van der Waals surface area contributed by atoms with Crippen molar-refractivity contribution in [3.8, 4) is 11.3 Å². The number of carbonyl (C=O) groups excluding carboxylic acids is 1. The van der Waals surface area contributed by atoms with Gasteiger partial charge in [0.05, 0.1) is 23.8 Å². The van der Waals surface area contributed by atoms with E-state index in [0.717, 1.165) is 24.4 Å². The number of benzene rings is 2. The summed E-state index contributed by atoms with van der Waals surface area (Å²) in [5.41, 5.74) is -2.61. The van der Waals surface area contributed by atoms with E-state index in [1.54, 1.807) is 0 Å². The third kappa shape index (κ3) is 7.57. The maximum absolute atomic E-state index is 13.6. The van der Waals surface area contributed by atoms with Crippen molar-refractivity contribution in [2.75, 3.05) is 6.54 Å². The molecule has 40 heavy (non-hydrogen) atoms. The summed E-state index contributed by atoms with van der Waals surface area (Å²) in [5, 5.41) is 22.9. The van der Waals surface area contributed by atoms with E-state index >= 15 is 0 Å². The molecule has 9 nitrogen and oxygen atoms in total. The van der Waals surface area contributed by atoms with Gasteiger partial charge in [-0.15, -0.1) is 0 Å². The number of halogens is 7. The molecule has 2 amide bonds. The lowest BCUT2D eigenvalue weighted by Crippen LogP contribution is -2.41. The van der Waals surface area contributed by atoms with E-state index in [1.165, 1.54) is 30.3 Å². The van der Waals surface area contributed by atoms with Crippen molar-refractivity contribution in [1.29, 1.82) is 0 Å². The average molecular weight is 595 g/mol. The molecule has 0 aliphatic rings. The van der Waals surface area contributed by atoms with Crippen molar-refractivity contribution in [1.82, 2.24) is 19.8 Å². The lowest BCUT2D eigenvalue weighted by molar-refractivity contribution is -0.207. The molecule has 0 spiro atoms. The molecule has 216 valence electrons. The maximum Gasteiger partial charge on any atom is 0.416 e. The topological polar surface area (TPSA) is 126 Å².